The van der Waals surface area contributed by atoms with Crippen LogP contribution in [0.4, 0.5) is 0 Å². The SMILES string of the molecule is CCOC(OCC)c1cn(C(c2ccccc2)(c2ccccc2)c2ccccc2)cn1. The average molecular weight is 413 g/mol. The van der Waals surface area contributed by atoms with Crippen LogP contribution >= 0.6 is 0 Å². The van der Waals surface area contributed by atoms with Crippen molar-refractivity contribution in [2.75, 3.05) is 13.2 Å². The van der Waals surface area contributed by atoms with Crippen LogP contribution in [-0.2, 0) is 15.0 Å². The molecule has 0 radical (unpaired) electrons. The largest absolute Gasteiger partial charge is 0.347 e. The van der Waals surface area contributed by atoms with Crippen LogP contribution in [0.1, 0.15) is 42.5 Å². The summed E-state index contributed by atoms with van der Waals surface area (Å²) < 4.78 is 13.8. The van der Waals surface area contributed by atoms with Gasteiger partial charge in [0.2, 0.25) is 6.29 Å². The zero-order valence-electron chi connectivity index (χ0n) is 18.0. The van der Waals surface area contributed by atoms with Crippen molar-refractivity contribution < 1.29 is 9.47 Å². The van der Waals surface area contributed by atoms with Gasteiger partial charge in [0.1, 0.15) is 11.2 Å². The zero-order valence-corrected chi connectivity index (χ0v) is 18.0. The quantitative estimate of drug-likeness (QED) is 0.258. The van der Waals surface area contributed by atoms with Gasteiger partial charge >= 0.3 is 0 Å². The topological polar surface area (TPSA) is 36.3 Å². The number of hydrogen-bond acceptors (Lipinski definition) is 3. The molecule has 0 fully saturated rings. The van der Waals surface area contributed by atoms with Crippen molar-refractivity contribution in [1.29, 1.82) is 0 Å². The van der Waals surface area contributed by atoms with Crippen LogP contribution in [-0.4, -0.2) is 22.8 Å². The minimum Gasteiger partial charge on any atom is -0.347 e. The van der Waals surface area contributed by atoms with E-state index in [-0.39, 0.29) is 0 Å². The molecule has 4 aromatic rings. The van der Waals surface area contributed by atoms with E-state index in [9.17, 15) is 0 Å². The summed E-state index contributed by atoms with van der Waals surface area (Å²) in [5.41, 5.74) is 3.64. The Hall–Kier alpha value is -3.21. The molecule has 0 bridgehead atoms. The Labute approximate surface area is 184 Å². The van der Waals surface area contributed by atoms with Gasteiger partial charge in [0.05, 0.1) is 6.33 Å². The number of nitrogens with zero attached hydrogens (tertiary/aromatic N) is 2. The van der Waals surface area contributed by atoms with E-state index in [0.29, 0.717) is 13.2 Å². The van der Waals surface area contributed by atoms with Crippen molar-refractivity contribution in [3.05, 3.63) is 126 Å². The van der Waals surface area contributed by atoms with E-state index in [1.54, 1.807) is 0 Å². The van der Waals surface area contributed by atoms with Crippen LogP contribution < -0.4 is 0 Å². The molecule has 0 saturated carbocycles. The van der Waals surface area contributed by atoms with Crippen molar-refractivity contribution in [2.45, 2.75) is 25.7 Å². The number of rotatable bonds is 9. The lowest BCUT2D eigenvalue weighted by molar-refractivity contribution is -0.142. The second-order valence-corrected chi connectivity index (χ2v) is 7.26. The van der Waals surface area contributed by atoms with Gasteiger partial charge in [-0.1, -0.05) is 91.0 Å². The average Bonchev–Trinajstić information content (AvgIpc) is 3.32. The summed E-state index contributed by atoms with van der Waals surface area (Å²) in [5, 5.41) is 0. The highest BCUT2D eigenvalue weighted by Crippen LogP contribution is 2.41. The highest BCUT2D eigenvalue weighted by Gasteiger charge is 2.38. The summed E-state index contributed by atoms with van der Waals surface area (Å²) in [6.45, 7) is 5.04. The molecule has 1 heterocycles. The molecule has 0 aliphatic rings. The molecule has 1 aromatic heterocycles. The summed E-state index contributed by atoms with van der Waals surface area (Å²) in [7, 11) is 0. The van der Waals surface area contributed by atoms with Gasteiger partial charge < -0.3 is 14.0 Å². The van der Waals surface area contributed by atoms with Crippen LogP contribution in [0.15, 0.2) is 104 Å². The van der Waals surface area contributed by atoms with Crippen molar-refractivity contribution in [1.82, 2.24) is 9.55 Å². The van der Waals surface area contributed by atoms with Gasteiger partial charge in [-0.15, -0.1) is 0 Å². The molecule has 0 atom stereocenters. The summed E-state index contributed by atoms with van der Waals surface area (Å²) in [6.07, 6.45) is 3.44. The fourth-order valence-electron chi connectivity index (χ4n) is 4.15. The molecule has 0 aliphatic heterocycles. The zero-order chi connectivity index (χ0) is 21.5. The molecule has 0 spiro atoms. The third kappa shape index (κ3) is 4.05. The third-order valence-electron chi connectivity index (χ3n) is 5.44. The van der Waals surface area contributed by atoms with Gasteiger partial charge in [-0.25, -0.2) is 4.98 Å². The van der Waals surface area contributed by atoms with Crippen LogP contribution in [0.25, 0.3) is 0 Å². The van der Waals surface area contributed by atoms with Gasteiger partial charge in [0, 0.05) is 19.4 Å². The lowest BCUT2D eigenvalue weighted by atomic mass is 9.77. The van der Waals surface area contributed by atoms with Crippen LogP contribution in [0.3, 0.4) is 0 Å². The first-order chi connectivity index (χ1) is 15.3. The molecule has 158 valence electrons. The van der Waals surface area contributed by atoms with Crippen LogP contribution in [0.2, 0.25) is 0 Å². The smallest absolute Gasteiger partial charge is 0.202 e. The van der Waals surface area contributed by atoms with E-state index in [2.05, 4.69) is 77.4 Å². The van der Waals surface area contributed by atoms with Crippen molar-refractivity contribution in [3.8, 4) is 0 Å². The molecule has 0 aliphatic carbocycles. The summed E-state index contributed by atoms with van der Waals surface area (Å²) in [5.74, 6) is 0. The van der Waals surface area contributed by atoms with Gasteiger partial charge in [-0.05, 0) is 30.5 Å². The predicted octanol–water partition coefficient (Wildman–Crippen LogP) is 5.79. The lowest BCUT2D eigenvalue weighted by Gasteiger charge is -2.37. The highest BCUT2D eigenvalue weighted by molar-refractivity contribution is 5.50. The number of imidazole rings is 1. The van der Waals surface area contributed by atoms with E-state index in [0.717, 1.165) is 22.4 Å². The fourth-order valence-corrected chi connectivity index (χ4v) is 4.15. The Morgan fingerprint density at radius 2 is 1.13 bits per heavy atom. The molecule has 4 nitrogen and oxygen atoms in total. The Bertz CT molecular complexity index is 959. The monoisotopic (exact) mass is 412 g/mol. The summed E-state index contributed by atoms with van der Waals surface area (Å²) >= 11 is 0. The summed E-state index contributed by atoms with van der Waals surface area (Å²) in [6, 6.07) is 31.6. The Morgan fingerprint density at radius 3 is 1.52 bits per heavy atom. The number of ether oxygens (including phenoxy) is 2. The van der Waals surface area contributed by atoms with E-state index in [1.807, 2.05) is 44.6 Å². The molecule has 31 heavy (non-hydrogen) atoms. The lowest BCUT2D eigenvalue weighted by Crippen LogP contribution is -2.37. The van der Waals surface area contributed by atoms with E-state index < -0.39 is 11.8 Å². The maximum atomic E-state index is 5.81. The predicted molar refractivity (Wildman–Crippen MR) is 123 cm³/mol. The van der Waals surface area contributed by atoms with Crippen molar-refractivity contribution >= 4 is 0 Å². The van der Waals surface area contributed by atoms with E-state index in [1.165, 1.54) is 0 Å². The van der Waals surface area contributed by atoms with E-state index >= 15 is 0 Å². The van der Waals surface area contributed by atoms with Crippen molar-refractivity contribution in [2.24, 2.45) is 0 Å². The molecule has 4 heteroatoms. The van der Waals surface area contributed by atoms with Crippen LogP contribution in [0, 0.1) is 0 Å². The molecule has 0 amide bonds. The first-order valence-electron chi connectivity index (χ1n) is 10.7. The van der Waals surface area contributed by atoms with E-state index in [4.69, 9.17) is 14.5 Å². The maximum Gasteiger partial charge on any atom is 0.202 e. The molecular formula is C27H28N2O2. The molecule has 0 N–H and O–H groups in total. The Kier molecular flexibility index (Phi) is 6.60. The first-order valence-corrected chi connectivity index (χ1v) is 10.7. The molecule has 0 saturated heterocycles. The molecular weight excluding hydrogens is 384 g/mol. The number of aromatic nitrogens is 2. The summed E-state index contributed by atoms with van der Waals surface area (Å²) in [4.78, 5) is 4.71. The first kappa shape index (κ1) is 21.0. The third-order valence-corrected chi connectivity index (χ3v) is 5.44. The van der Waals surface area contributed by atoms with Gasteiger partial charge in [0.15, 0.2) is 0 Å². The second-order valence-electron chi connectivity index (χ2n) is 7.26. The second kappa shape index (κ2) is 9.73. The number of benzene rings is 3. The fraction of sp³-hybridized carbons (Fsp3) is 0.222. The standard InChI is InChI=1S/C27H28N2O2/c1-3-30-26(31-4-2)25-20-29(21-28-25)27(22-14-8-5-9-15-22,23-16-10-6-11-17-23)24-18-12-7-13-19-24/h5-21,26H,3-4H2,1-2H3. The Balaban J connectivity index is 1.98. The minimum absolute atomic E-state index is 0.490. The molecule has 4 rings (SSSR count). The maximum absolute atomic E-state index is 5.81. The van der Waals surface area contributed by atoms with Crippen molar-refractivity contribution in [3.63, 3.8) is 0 Å². The molecule has 0 unspecified atom stereocenters. The minimum atomic E-state index is -0.585. The molecule has 3 aromatic carbocycles. The van der Waals surface area contributed by atoms with Crippen LogP contribution in [0.5, 0.6) is 0 Å². The van der Waals surface area contributed by atoms with Gasteiger partial charge in [-0.2, -0.15) is 0 Å². The Morgan fingerprint density at radius 1 is 0.710 bits per heavy atom. The van der Waals surface area contributed by atoms with Gasteiger partial charge in [0.25, 0.3) is 0 Å². The normalized spacial score (nSPS) is 11.7. The highest BCUT2D eigenvalue weighted by atomic mass is 16.7. The number of hydrogen-bond donors (Lipinski definition) is 0. The van der Waals surface area contributed by atoms with Gasteiger partial charge in [-0.3, -0.25) is 0 Å².